The van der Waals surface area contributed by atoms with Crippen molar-refractivity contribution in [3.05, 3.63) is 0 Å². The molecule has 0 aromatic carbocycles. The number of thioether (sulfide) groups is 1. The van der Waals surface area contributed by atoms with Crippen LogP contribution in [-0.2, 0) is 4.79 Å². The summed E-state index contributed by atoms with van der Waals surface area (Å²) in [5.74, 6) is 5.47. The van der Waals surface area contributed by atoms with E-state index in [0.717, 1.165) is 12.3 Å². The minimum Gasteiger partial charge on any atom is -0.332 e. The van der Waals surface area contributed by atoms with Gasteiger partial charge in [0.2, 0.25) is 5.91 Å². The van der Waals surface area contributed by atoms with Gasteiger partial charge in [0, 0.05) is 25.3 Å². The second-order valence-electron chi connectivity index (χ2n) is 2.42. The number of hydrogen-bond acceptors (Lipinski definition) is 4. The number of rotatable bonds is 3. The summed E-state index contributed by atoms with van der Waals surface area (Å²) in [6.45, 7) is 1.20. The zero-order valence-corrected chi connectivity index (χ0v) is 7.39. The van der Waals surface area contributed by atoms with E-state index in [9.17, 15) is 9.59 Å². The highest BCUT2D eigenvalue weighted by atomic mass is 32.2. The molecule has 1 rings (SSSR count). The van der Waals surface area contributed by atoms with Crippen molar-refractivity contribution < 1.29 is 9.59 Å². The van der Waals surface area contributed by atoms with Gasteiger partial charge >= 0.3 is 0 Å². The molecular weight excluding hydrogens is 178 g/mol. The molecule has 0 saturated carbocycles. The number of hydrogen-bond donors (Lipinski definition) is 2. The third kappa shape index (κ3) is 2.38. The van der Waals surface area contributed by atoms with Gasteiger partial charge in [-0.2, -0.15) is 0 Å². The number of carbonyl (C=O) groups excluding carboxylic acids is 2. The number of nitrogens with one attached hydrogen (secondary N) is 1. The lowest BCUT2D eigenvalue weighted by atomic mass is 10.4. The molecule has 1 aliphatic heterocycles. The van der Waals surface area contributed by atoms with E-state index in [4.69, 9.17) is 5.84 Å². The van der Waals surface area contributed by atoms with Gasteiger partial charge in [0.1, 0.15) is 0 Å². The summed E-state index contributed by atoms with van der Waals surface area (Å²) >= 11 is 1.29. The lowest BCUT2D eigenvalue weighted by molar-refractivity contribution is -0.121. The Morgan fingerprint density at radius 3 is 3.00 bits per heavy atom. The Kier molecular flexibility index (Phi) is 3.36. The molecule has 6 heteroatoms. The number of carbonyl (C=O) groups is 2. The summed E-state index contributed by atoms with van der Waals surface area (Å²) in [5, 5.41) is 0.0554. The largest absolute Gasteiger partial charge is 0.332 e. The minimum atomic E-state index is -0.236. The van der Waals surface area contributed by atoms with Crippen LogP contribution in [0.4, 0.5) is 4.79 Å². The van der Waals surface area contributed by atoms with Crippen LogP contribution in [0.2, 0.25) is 0 Å². The van der Waals surface area contributed by atoms with Crippen LogP contribution in [0.15, 0.2) is 0 Å². The minimum absolute atomic E-state index is 0.0554. The molecule has 0 radical (unpaired) electrons. The fourth-order valence-electron chi connectivity index (χ4n) is 0.937. The van der Waals surface area contributed by atoms with E-state index in [1.54, 1.807) is 4.90 Å². The van der Waals surface area contributed by atoms with E-state index in [1.165, 1.54) is 11.8 Å². The zero-order chi connectivity index (χ0) is 8.97. The third-order valence-electron chi connectivity index (χ3n) is 1.61. The van der Waals surface area contributed by atoms with Gasteiger partial charge in [-0.15, -0.1) is 0 Å². The number of nitrogens with zero attached hydrogens (tertiary/aromatic N) is 1. The second kappa shape index (κ2) is 4.32. The molecule has 0 unspecified atom stereocenters. The van der Waals surface area contributed by atoms with Crippen LogP contribution in [0, 0.1) is 0 Å². The summed E-state index contributed by atoms with van der Waals surface area (Å²) < 4.78 is 0. The molecule has 0 bridgehead atoms. The van der Waals surface area contributed by atoms with Crippen molar-refractivity contribution in [2.75, 3.05) is 18.8 Å². The van der Waals surface area contributed by atoms with Gasteiger partial charge in [-0.3, -0.25) is 15.0 Å². The first-order chi connectivity index (χ1) is 5.74. The highest BCUT2D eigenvalue weighted by Gasteiger charge is 2.20. The molecule has 1 saturated heterocycles. The van der Waals surface area contributed by atoms with Gasteiger partial charge in [-0.05, 0) is 0 Å². The lowest BCUT2D eigenvalue weighted by Gasteiger charge is -2.12. The molecule has 2 amide bonds. The van der Waals surface area contributed by atoms with Crippen LogP contribution in [-0.4, -0.2) is 34.9 Å². The molecule has 3 N–H and O–H groups in total. The maximum absolute atomic E-state index is 11.0. The maximum Gasteiger partial charge on any atom is 0.281 e. The Balaban J connectivity index is 2.22. The first kappa shape index (κ1) is 9.34. The van der Waals surface area contributed by atoms with Crippen molar-refractivity contribution in [1.82, 2.24) is 10.3 Å². The molecule has 1 heterocycles. The first-order valence-corrected chi connectivity index (χ1v) is 4.63. The SMILES string of the molecule is NNC(=O)CCN1CCSC1=O. The van der Waals surface area contributed by atoms with Crippen LogP contribution in [0.5, 0.6) is 0 Å². The van der Waals surface area contributed by atoms with E-state index in [1.807, 2.05) is 5.43 Å². The van der Waals surface area contributed by atoms with E-state index < -0.39 is 0 Å². The van der Waals surface area contributed by atoms with Crippen LogP contribution in [0.3, 0.4) is 0 Å². The molecule has 0 aromatic rings. The average molecular weight is 189 g/mol. The first-order valence-electron chi connectivity index (χ1n) is 3.65. The Hall–Kier alpha value is -0.750. The van der Waals surface area contributed by atoms with Gasteiger partial charge in [0.25, 0.3) is 5.24 Å². The van der Waals surface area contributed by atoms with Gasteiger partial charge in [0.15, 0.2) is 0 Å². The number of hydrazine groups is 1. The quantitative estimate of drug-likeness (QED) is 0.358. The fourth-order valence-corrected chi connectivity index (χ4v) is 1.79. The van der Waals surface area contributed by atoms with Crippen molar-refractivity contribution >= 4 is 22.9 Å². The van der Waals surface area contributed by atoms with Gasteiger partial charge in [-0.1, -0.05) is 11.8 Å². The molecule has 68 valence electrons. The Morgan fingerprint density at radius 2 is 2.50 bits per heavy atom. The van der Waals surface area contributed by atoms with Gasteiger partial charge in [-0.25, -0.2) is 5.84 Å². The smallest absolute Gasteiger partial charge is 0.281 e. The van der Waals surface area contributed by atoms with Crippen molar-refractivity contribution in [3.8, 4) is 0 Å². The standard InChI is InChI=1S/C6H11N3O2S/c7-8-5(10)1-2-9-3-4-12-6(9)11/h1-4,7H2,(H,8,10). The molecule has 12 heavy (non-hydrogen) atoms. The molecular formula is C6H11N3O2S. The molecule has 5 nitrogen and oxygen atoms in total. The monoisotopic (exact) mass is 189 g/mol. The lowest BCUT2D eigenvalue weighted by Crippen LogP contribution is -2.34. The molecule has 0 aromatic heterocycles. The van der Waals surface area contributed by atoms with E-state index >= 15 is 0 Å². The summed E-state index contributed by atoms with van der Waals surface area (Å²) in [6.07, 6.45) is 0.281. The van der Waals surface area contributed by atoms with Crippen molar-refractivity contribution in [2.45, 2.75) is 6.42 Å². The Bertz CT molecular complexity index is 197. The topological polar surface area (TPSA) is 75.4 Å². The average Bonchev–Trinajstić information content (AvgIpc) is 2.47. The fraction of sp³-hybridized carbons (Fsp3) is 0.667. The van der Waals surface area contributed by atoms with E-state index in [0.29, 0.717) is 6.54 Å². The van der Waals surface area contributed by atoms with Crippen LogP contribution in [0.1, 0.15) is 6.42 Å². The van der Waals surface area contributed by atoms with Crippen LogP contribution in [0.25, 0.3) is 0 Å². The third-order valence-corrected chi connectivity index (χ3v) is 2.51. The van der Waals surface area contributed by atoms with Crippen LogP contribution >= 0.6 is 11.8 Å². The summed E-state index contributed by atoms with van der Waals surface area (Å²) in [5.41, 5.74) is 2.02. The molecule has 0 atom stereocenters. The normalized spacial score (nSPS) is 16.8. The summed E-state index contributed by atoms with van der Waals surface area (Å²) in [7, 11) is 0. The zero-order valence-electron chi connectivity index (χ0n) is 6.58. The van der Waals surface area contributed by atoms with Crippen LogP contribution < -0.4 is 11.3 Å². The van der Waals surface area contributed by atoms with Crippen molar-refractivity contribution in [1.29, 1.82) is 0 Å². The number of nitrogens with two attached hydrogens (primary N) is 1. The predicted molar refractivity (Wildman–Crippen MR) is 46.4 cm³/mol. The van der Waals surface area contributed by atoms with E-state index in [2.05, 4.69) is 0 Å². The van der Waals surface area contributed by atoms with Crippen molar-refractivity contribution in [3.63, 3.8) is 0 Å². The van der Waals surface area contributed by atoms with Gasteiger partial charge < -0.3 is 4.90 Å². The highest BCUT2D eigenvalue weighted by Crippen LogP contribution is 2.16. The molecule has 0 aliphatic carbocycles. The highest BCUT2D eigenvalue weighted by molar-refractivity contribution is 8.13. The predicted octanol–water partition coefficient (Wildman–Crippen LogP) is -0.465. The second-order valence-corrected chi connectivity index (χ2v) is 3.47. The van der Waals surface area contributed by atoms with Crippen molar-refractivity contribution in [2.24, 2.45) is 5.84 Å². The Labute approximate surface area is 74.6 Å². The summed E-state index contributed by atoms with van der Waals surface area (Å²) in [6, 6.07) is 0. The molecule has 1 aliphatic rings. The summed E-state index contributed by atoms with van der Waals surface area (Å²) in [4.78, 5) is 23.3. The van der Waals surface area contributed by atoms with Gasteiger partial charge in [0.05, 0.1) is 0 Å². The number of amides is 2. The van der Waals surface area contributed by atoms with E-state index in [-0.39, 0.29) is 17.6 Å². The Morgan fingerprint density at radius 1 is 1.75 bits per heavy atom. The maximum atomic E-state index is 11.0. The molecule has 1 fully saturated rings. The molecule has 0 spiro atoms.